The smallest absolute Gasteiger partial charge is 0.416 e. The summed E-state index contributed by atoms with van der Waals surface area (Å²) in [4.78, 5) is 13.4. The standard InChI is InChI=1S/C25H26F6N2O2/c26-24(27,28)19-10-15(11-20(13-19)25(29,30)31)14-33(23(34)35)22(21-6-1-2-9-32-21)18-8-7-16-4-3-5-17(16)12-18/h7-8,10-13,21-22,32H,1-6,9,14H2,(H,34,35). The number of nitrogens with one attached hydrogen (secondary N) is 1. The second-order valence-corrected chi connectivity index (χ2v) is 9.21. The van der Waals surface area contributed by atoms with Gasteiger partial charge < -0.3 is 10.4 Å². The Morgan fingerprint density at radius 3 is 2.17 bits per heavy atom. The maximum absolute atomic E-state index is 13.4. The van der Waals surface area contributed by atoms with E-state index < -0.39 is 42.2 Å². The van der Waals surface area contributed by atoms with Crippen LogP contribution in [-0.2, 0) is 31.7 Å². The zero-order valence-corrected chi connectivity index (χ0v) is 18.8. The van der Waals surface area contributed by atoms with E-state index in [1.165, 1.54) is 5.56 Å². The molecule has 2 aliphatic rings. The third-order valence-electron chi connectivity index (χ3n) is 6.78. The van der Waals surface area contributed by atoms with Gasteiger partial charge in [-0.05, 0) is 79.1 Å². The van der Waals surface area contributed by atoms with Crippen molar-refractivity contribution in [2.24, 2.45) is 0 Å². The number of hydrogen-bond donors (Lipinski definition) is 2. The van der Waals surface area contributed by atoms with Gasteiger partial charge in [-0.2, -0.15) is 26.3 Å². The highest BCUT2D eigenvalue weighted by atomic mass is 19.4. The molecule has 1 aliphatic heterocycles. The Labute approximate surface area is 198 Å². The van der Waals surface area contributed by atoms with Crippen molar-refractivity contribution in [2.75, 3.05) is 6.54 Å². The Bertz CT molecular complexity index is 1040. The van der Waals surface area contributed by atoms with Gasteiger partial charge in [0.25, 0.3) is 0 Å². The zero-order valence-electron chi connectivity index (χ0n) is 18.8. The van der Waals surface area contributed by atoms with E-state index in [0.29, 0.717) is 30.7 Å². The minimum Gasteiger partial charge on any atom is -0.465 e. The van der Waals surface area contributed by atoms with Gasteiger partial charge in [0.2, 0.25) is 0 Å². The first-order chi connectivity index (χ1) is 16.4. The fraction of sp³-hybridized carbons (Fsp3) is 0.480. The summed E-state index contributed by atoms with van der Waals surface area (Å²) in [5, 5.41) is 13.4. The number of hydrogen-bond acceptors (Lipinski definition) is 2. The number of carbonyl (C=O) groups is 1. The second kappa shape index (κ2) is 9.72. The van der Waals surface area contributed by atoms with E-state index in [2.05, 4.69) is 5.32 Å². The lowest BCUT2D eigenvalue weighted by Crippen LogP contribution is -2.47. The van der Waals surface area contributed by atoms with Crippen molar-refractivity contribution in [3.05, 3.63) is 69.8 Å². The summed E-state index contributed by atoms with van der Waals surface area (Å²) >= 11 is 0. The normalized spacial score (nSPS) is 19.3. The zero-order chi connectivity index (χ0) is 25.4. The Morgan fingerprint density at radius 1 is 0.943 bits per heavy atom. The molecule has 10 heteroatoms. The fourth-order valence-electron chi connectivity index (χ4n) is 5.15. The third kappa shape index (κ3) is 5.74. The molecule has 2 N–H and O–H groups in total. The van der Waals surface area contributed by atoms with Crippen LogP contribution in [0, 0.1) is 0 Å². The number of fused-ring (bicyclic) bond motifs is 1. The summed E-state index contributed by atoms with van der Waals surface area (Å²) in [6.07, 6.45) is -6.27. The highest BCUT2D eigenvalue weighted by molar-refractivity contribution is 5.66. The molecule has 0 saturated carbocycles. The van der Waals surface area contributed by atoms with Gasteiger partial charge in [-0.1, -0.05) is 24.6 Å². The van der Waals surface area contributed by atoms with Crippen molar-refractivity contribution in [1.82, 2.24) is 10.2 Å². The predicted molar refractivity (Wildman–Crippen MR) is 117 cm³/mol. The van der Waals surface area contributed by atoms with Crippen LogP contribution in [0.4, 0.5) is 31.1 Å². The van der Waals surface area contributed by atoms with Crippen molar-refractivity contribution in [2.45, 2.75) is 69.5 Å². The number of rotatable bonds is 5. The molecule has 0 bridgehead atoms. The molecule has 1 saturated heterocycles. The molecule has 190 valence electrons. The molecule has 4 nitrogen and oxygen atoms in total. The van der Waals surface area contributed by atoms with Gasteiger partial charge in [0.15, 0.2) is 0 Å². The highest BCUT2D eigenvalue weighted by Gasteiger charge is 2.38. The molecule has 2 aromatic carbocycles. The average molecular weight is 500 g/mol. The van der Waals surface area contributed by atoms with Gasteiger partial charge in [-0.15, -0.1) is 0 Å². The minimum absolute atomic E-state index is 0.0509. The summed E-state index contributed by atoms with van der Waals surface area (Å²) in [6.45, 7) is 0.0452. The van der Waals surface area contributed by atoms with Crippen LogP contribution in [0.25, 0.3) is 0 Å². The van der Waals surface area contributed by atoms with Gasteiger partial charge in [-0.3, -0.25) is 4.90 Å². The van der Waals surface area contributed by atoms with Gasteiger partial charge in [0.1, 0.15) is 0 Å². The number of alkyl halides is 6. The van der Waals surface area contributed by atoms with E-state index >= 15 is 0 Å². The maximum atomic E-state index is 13.4. The lowest BCUT2D eigenvalue weighted by Gasteiger charge is -2.38. The van der Waals surface area contributed by atoms with Gasteiger partial charge >= 0.3 is 18.4 Å². The fourth-order valence-corrected chi connectivity index (χ4v) is 5.15. The Hall–Kier alpha value is -2.75. The number of piperidine rings is 1. The van der Waals surface area contributed by atoms with E-state index in [0.717, 1.165) is 42.6 Å². The monoisotopic (exact) mass is 500 g/mol. The molecule has 1 heterocycles. The average Bonchev–Trinajstić information content (AvgIpc) is 3.26. The lowest BCUT2D eigenvalue weighted by atomic mass is 9.89. The van der Waals surface area contributed by atoms with Crippen LogP contribution in [0.15, 0.2) is 36.4 Å². The van der Waals surface area contributed by atoms with Crippen LogP contribution < -0.4 is 5.32 Å². The Kier molecular flexibility index (Phi) is 7.04. The van der Waals surface area contributed by atoms with Gasteiger partial charge in [-0.25, -0.2) is 4.79 Å². The summed E-state index contributed by atoms with van der Waals surface area (Å²) in [6, 6.07) is 5.88. The quantitative estimate of drug-likeness (QED) is 0.457. The van der Waals surface area contributed by atoms with Crippen LogP contribution in [0.1, 0.15) is 65.1 Å². The number of amides is 1. The number of halogens is 6. The molecule has 1 amide bonds. The van der Waals surface area contributed by atoms with Crippen molar-refractivity contribution >= 4 is 6.09 Å². The van der Waals surface area contributed by atoms with E-state index in [9.17, 15) is 36.2 Å². The van der Waals surface area contributed by atoms with Crippen molar-refractivity contribution < 1.29 is 36.2 Å². The number of carboxylic acid groups (broad SMARTS) is 1. The van der Waals surface area contributed by atoms with Crippen LogP contribution in [0.5, 0.6) is 0 Å². The van der Waals surface area contributed by atoms with E-state index in [1.54, 1.807) is 0 Å². The largest absolute Gasteiger partial charge is 0.465 e. The van der Waals surface area contributed by atoms with Crippen molar-refractivity contribution in [3.8, 4) is 0 Å². The molecule has 0 aromatic heterocycles. The molecule has 2 atom stereocenters. The number of aryl methyl sites for hydroxylation is 2. The molecule has 2 aromatic rings. The van der Waals surface area contributed by atoms with Crippen LogP contribution in [-0.4, -0.2) is 28.7 Å². The van der Waals surface area contributed by atoms with E-state index in [-0.39, 0.29) is 17.7 Å². The SMILES string of the molecule is O=C(O)N(Cc1cc(C(F)(F)F)cc(C(F)(F)F)c1)C(c1ccc2c(c1)CCC2)C1CCCCN1. The number of benzene rings is 2. The lowest BCUT2D eigenvalue weighted by molar-refractivity contribution is -0.143. The minimum atomic E-state index is -5.01. The molecule has 0 radical (unpaired) electrons. The molecule has 4 rings (SSSR count). The topological polar surface area (TPSA) is 52.6 Å². The van der Waals surface area contributed by atoms with Crippen molar-refractivity contribution in [3.63, 3.8) is 0 Å². The number of nitrogens with zero attached hydrogens (tertiary/aromatic N) is 1. The van der Waals surface area contributed by atoms with E-state index in [1.807, 2.05) is 18.2 Å². The van der Waals surface area contributed by atoms with Gasteiger partial charge in [0, 0.05) is 12.6 Å². The Morgan fingerprint density at radius 2 is 1.60 bits per heavy atom. The van der Waals surface area contributed by atoms with Crippen molar-refractivity contribution in [1.29, 1.82) is 0 Å². The molecule has 0 spiro atoms. The Balaban J connectivity index is 1.76. The first-order valence-electron chi connectivity index (χ1n) is 11.6. The molecular weight excluding hydrogens is 474 g/mol. The maximum Gasteiger partial charge on any atom is 0.416 e. The first kappa shape index (κ1) is 25.3. The van der Waals surface area contributed by atoms with Crippen LogP contribution in [0.3, 0.4) is 0 Å². The molecule has 1 fully saturated rings. The second-order valence-electron chi connectivity index (χ2n) is 9.21. The molecule has 1 aliphatic carbocycles. The first-order valence-corrected chi connectivity index (χ1v) is 11.6. The summed E-state index contributed by atoms with van der Waals surface area (Å²) < 4.78 is 80.2. The highest BCUT2D eigenvalue weighted by Crippen LogP contribution is 2.38. The summed E-state index contributed by atoms with van der Waals surface area (Å²) in [5.41, 5.74) is -0.312. The van der Waals surface area contributed by atoms with Crippen LogP contribution >= 0.6 is 0 Å². The molecule has 35 heavy (non-hydrogen) atoms. The predicted octanol–water partition coefficient (Wildman–Crippen LogP) is 6.58. The summed E-state index contributed by atoms with van der Waals surface area (Å²) in [5.74, 6) is 0. The van der Waals surface area contributed by atoms with Gasteiger partial charge in [0.05, 0.1) is 17.2 Å². The summed E-state index contributed by atoms with van der Waals surface area (Å²) in [7, 11) is 0. The van der Waals surface area contributed by atoms with Crippen LogP contribution in [0.2, 0.25) is 0 Å². The third-order valence-corrected chi connectivity index (χ3v) is 6.78. The molecular formula is C25H26F6N2O2. The molecule has 2 unspecified atom stereocenters. The van der Waals surface area contributed by atoms with E-state index in [4.69, 9.17) is 0 Å².